The summed E-state index contributed by atoms with van der Waals surface area (Å²) in [6, 6.07) is 13.0. The molecule has 2 rings (SSSR count). The molecule has 0 aromatic heterocycles. The van der Waals surface area contributed by atoms with Gasteiger partial charge in [0.1, 0.15) is 0 Å². The van der Waals surface area contributed by atoms with Gasteiger partial charge >= 0.3 is 0 Å². The molecule has 5 nitrogen and oxygen atoms in total. The molecule has 0 bridgehead atoms. The molecule has 0 unspecified atom stereocenters. The average molecular weight is 305 g/mol. The normalized spacial score (nSPS) is 11.7. The lowest BCUT2D eigenvalue weighted by Gasteiger charge is -2.14. The molecule has 6 heteroatoms. The van der Waals surface area contributed by atoms with E-state index in [1.54, 1.807) is 0 Å². The van der Waals surface area contributed by atoms with Gasteiger partial charge in [-0.2, -0.15) is 0 Å². The smallest absolute Gasteiger partial charge is 0.270 e. The Morgan fingerprint density at radius 1 is 1.24 bits per heavy atom. The topological polar surface area (TPSA) is 72.2 Å². The highest BCUT2D eigenvalue weighted by Crippen LogP contribution is 2.23. The lowest BCUT2D eigenvalue weighted by Crippen LogP contribution is -2.26. The number of nitro groups is 1. The predicted molar refractivity (Wildman–Crippen MR) is 80.4 cm³/mol. The summed E-state index contributed by atoms with van der Waals surface area (Å²) in [5.74, 6) is -0.444. The highest BCUT2D eigenvalue weighted by Gasteiger charge is 2.17. The van der Waals surface area contributed by atoms with E-state index in [1.807, 2.05) is 37.3 Å². The second-order valence-corrected chi connectivity index (χ2v) is 4.93. The standard InChI is InChI=1S/C15H13ClN2O3/c1-10(11-5-3-2-4-6-11)17-15(19)13-9-12(18(20)21)7-8-14(13)16/h2-10H,1H3,(H,17,19)/t10-/m1/s1. The highest BCUT2D eigenvalue weighted by molar-refractivity contribution is 6.33. The van der Waals surface area contributed by atoms with Gasteiger partial charge in [0.05, 0.1) is 21.6 Å². The molecule has 0 aliphatic rings. The number of benzene rings is 2. The third-order valence-electron chi connectivity index (χ3n) is 3.05. The molecule has 0 radical (unpaired) electrons. The summed E-state index contributed by atoms with van der Waals surface area (Å²) in [5, 5.41) is 13.7. The fourth-order valence-corrected chi connectivity index (χ4v) is 2.10. The average Bonchev–Trinajstić information content (AvgIpc) is 2.48. The maximum atomic E-state index is 12.2. The zero-order valence-electron chi connectivity index (χ0n) is 11.2. The molecule has 0 saturated carbocycles. The van der Waals surface area contributed by atoms with E-state index in [4.69, 9.17) is 11.6 Å². The van der Waals surface area contributed by atoms with E-state index in [9.17, 15) is 14.9 Å². The molecule has 1 N–H and O–H groups in total. The van der Waals surface area contributed by atoms with Gasteiger partial charge in [-0.25, -0.2) is 0 Å². The lowest BCUT2D eigenvalue weighted by atomic mass is 10.1. The van der Waals surface area contributed by atoms with Crippen LogP contribution >= 0.6 is 11.6 Å². The largest absolute Gasteiger partial charge is 0.345 e. The first-order chi connectivity index (χ1) is 9.99. The van der Waals surface area contributed by atoms with Crippen LogP contribution in [0.1, 0.15) is 28.9 Å². The maximum absolute atomic E-state index is 12.2. The number of hydrogen-bond donors (Lipinski definition) is 1. The first-order valence-electron chi connectivity index (χ1n) is 6.29. The van der Waals surface area contributed by atoms with Crippen molar-refractivity contribution >= 4 is 23.2 Å². The van der Waals surface area contributed by atoms with Crippen LogP contribution in [0, 0.1) is 10.1 Å². The molecule has 0 heterocycles. The van der Waals surface area contributed by atoms with E-state index in [0.29, 0.717) is 0 Å². The van der Waals surface area contributed by atoms with Crippen LogP contribution in [-0.2, 0) is 0 Å². The van der Waals surface area contributed by atoms with Crippen LogP contribution in [0.15, 0.2) is 48.5 Å². The zero-order chi connectivity index (χ0) is 15.4. The Balaban J connectivity index is 2.21. The van der Waals surface area contributed by atoms with E-state index in [0.717, 1.165) is 5.56 Å². The van der Waals surface area contributed by atoms with Crippen molar-refractivity contribution in [2.45, 2.75) is 13.0 Å². The number of halogens is 1. The Kier molecular flexibility index (Phi) is 4.55. The zero-order valence-corrected chi connectivity index (χ0v) is 12.0. The SMILES string of the molecule is C[C@@H](NC(=O)c1cc([N+](=O)[O-])ccc1Cl)c1ccccc1. The molecule has 0 saturated heterocycles. The minimum Gasteiger partial charge on any atom is -0.345 e. The second-order valence-electron chi connectivity index (χ2n) is 4.53. The Labute approximate surface area is 126 Å². The van der Waals surface area contributed by atoms with E-state index >= 15 is 0 Å². The van der Waals surface area contributed by atoms with Gasteiger partial charge < -0.3 is 5.32 Å². The quantitative estimate of drug-likeness (QED) is 0.691. The molecule has 21 heavy (non-hydrogen) atoms. The molecule has 0 aliphatic carbocycles. The number of hydrogen-bond acceptors (Lipinski definition) is 3. The van der Waals surface area contributed by atoms with Crippen LogP contribution in [0.5, 0.6) is 0 Å². The molecule has 2 aromatic carbocycles. The molecule has 0 fully saturated rings. The van der Waals surface area contributed by atoms with Crippen molar-refractivity contribution in [3.63, 3.8) is 0 Å². The molecule has 2 aromatic rings. The van der Waals surface area contributed by atoms with Crippen LogP contribution < -0.4 is 5.32 Å². The van der Waals surface area contributed by atoms with Crippen LogP contribution in [0.25, 0.3) is 0 Å². The van der Waals surface area contributed by atoms with Crippen molar-refractivity contribution in [2.24, 2.45) is 0 Å². The summed E-state index contributed by atoms with van der Waals surface area (Å²) < 4.78 is 0. The number of carbonyl (C=O) groups excluding carboxylic acids is 1. The molecule has 0 aliphatic heterocycles. The number of non-ortho nitro benzene ring substituents is 1. The van der Waals surface area contributed by atoms with Crippen LogP contribution in [-0.4, -0.2) is 10.8 Å². The number of rotatable bonds is 4. The van der Waals surface area contributed by atoms with Gasteiger partial charge in [0.25, 0.3) is 11.6 Å². The van der Waals surface area contributed by atoms with Gasteiger partial charge in [0.2, 0.25) is 0 Å². The number of nitrogens with zero attached hydrogens (tertiary/aromatic N) is 1. The van der Waals surface area contributed by atoms with E-state index in [1.165, 1.54) is 18.2 Å². The Morgan fingerprint density at radius 3 is 2.52 bits per heavy atom. The van der Waals surface area contributed by atoms with Crippen LogP contribution in [0.3, 0.4) is 0 Å². The van der Waals surface area contributed by atoms with Crippen molar-refractivity contribution in [1.29, 1.82) is 0 Å². The molecular weight excluding hydrogens is 292 g/mol. The number of nitrogens with one attached hydrogen (secondary N) is 1. The predicted octanol–water partition coefficient (Wildman–Crippen LogP) is 3.74. The number of amides is 1. The molecule has 108 valence electrons. The summed E-state index contributed by atoms with van der Waals surface area (Å²) in [6.07, 6.45) is 0. The second kappa shape index (κ2) is 6.37. The minimum atomic E-state index is -0.562. The van der Waals surface area contributed by atoms with Crippen molar-refractivity contribution in [3.05, 3.63) is 74.8 Å². The number of carbonyl (C=O) groups is 1. The molecule has 1 atom stereocenters. The highest BCUT2D eigenvalue weighted by atomic mass is 35.5. The lowest BCUT2D eigenvalue weighted by molar-refractivity contribution is -0.384. The Hall–Kier alpha value is -2.40. The van der Waals surface area contributed by atoms with Gasteiger partial charge in [-0.05, 0) is 18.6 Å². The van der Waals surface area contributed by atoms with Gasteiger partial charge in [-0.1, -0.05) is 41.9 Å². The van der Waals surface area contributed by atoms with Crippen LogP contribution in [0.2, 0.25) is 5.02 Å². The summed E-state index contributed by atoms with van der Waals surface area (Å²) in [5.41, 5.74) is 0.859. The van der Waals surface area contributed by atoms with Crippen molar-refractivity contribution in [1.82, 2.24) is 5.32 Å². The van der Waals surface area contributed by atoms with E-state index in [2.05, 4.69) is 5.32 Å². The van der Waals surface area contributed by atoms with Gasteiger partial charge in [0.15, 0.2) is 0 Å². The summed E-state index contributed by atoms with van der Waals surface area (Å²) in [4.78, 5) is 22.4. The fraction of sp³-hybridized carbons (Fsp3) is 0.133. The first-order valence-corrected chi connectivity index (χ1v) is 6.66. The summed E-state index contributed by atoms with van der Waals surface area (Å²) in [7, 11) is 0. The Bertz CT molecular complexity index is 674. The van der Waals surface area contributed by atoms with Crippen LogP contribution in [0.4, 0.5) is 5.69 Å². The van der Waals surface area contributed by atoms with Crippen molar-refractivity contribution in [3.8, 4) is 0 Å². The number of nitro benzene ring substituents is 1. The van der Waals surface area contributed by atoms with E-state index in [-0.39, 0.29) is 22.3 Å². The van der Waals surface area contributed by atoms with Gasteiger partial charge in [-0.3, -0.25) is 14.9 Å². The van der Waals surface area contributed by atoms with Gasteiger partial charge in [-0.15, -0.1) is 0 Å². The third kappa shape index (κ3) is 3.58. The summed E-state index contributed by atoms with van der Waals surface area (Å²) in [6.45, 7) is 1.83. The van der Waals surface area contributed by atoms with Crippen molar-refractivity contribution in [2.75, 3.05) is 0 Å². The molecule has 1 amide bonds. The summed E-state index contributed by atoms with van der Waals surface area (Å²) >= 11 is 5.94. The molecular formula is C15H13ClN2O3. The van der Waals surface area contributed by atoms with Gasteiger partial charge in [0, 0.05) is 12.1 Å². The third-order valence-corrected chi connectivity index (χ3v) is 3.38. The monoisotopic (exact) mass is 304 g/mol. The first kappa shape index (κ1) is 15.0. The van der Waals surface area contributed by atoms with Crippen molar-refractivity contribution < 1.29 is 9.72 Å². The maximum Gasteiger partial charge on any atom is 0.270 e. The van der Waals surface area contributed by atoms with E-state index < -0.39 is 10.8 Å². The molecule has 0 spiro atoms. The Morgan fingerprint density at radius 2 is 1.90 bits per heavy atom. The fourth-order valence-electron chi connectivity index (χ4n) is 1.90. The minimum absolute atomic E-state index is 0.0913.